The fraction of sp³-hybridized carbons (Fsp3) is 0.133. The highest BCUT2D eigenvalue weighted by atomic mass is 32.1. The van der Waals surface area contributed by atoms with Gasteiger partial charge in [0.15, 0.2) is 11.6 Å². The van der Waals surface area contributed by atoms with E-state index in [1.165, 1.54) is 17.0 Å². The van der Waals surface area contributed by atoms with Crippen LogP contribution in [0.25, 0.3) is 0 Å². The van der Waals surface area contributed by atoms with Crippen LogP contribution < -0.4 is 10.6 Å². The molecule has 3 rings (SSSR count). The van der Waals surface area contributed by atoms with Gasteiger partial charge in [0.1, 0.15) is 16.5 Å². The second kappa shape index (κ2) is 5.04. The number of fused-ring (bicyclic) bond motifs is 1. The van der Waals surface area contributed by atoms with Gasteiger partial charge in [-0.2, -0.15) is 0 Å². The van der Waals surface area contributed by atoms with Crippen LogP contribution in [0.5, 0.6) is 0 Å². The molecule has 0 spiro atoms. The molecule has 2 aromatic rings. The van der Waals surface area contributed by atoms with Gasteiger partial charge in [-0.1, -0.05) is 18.3 Å². The van der Waals surface area contributed by atoms with Gasteiger partial charge in [-0.3, -0.25) is 0 Å². The Balaban J connectivity index is 2.12. The largest absolute Gasteiger partial charge is 0.389 e. The molecule has 0 aliphatic carbocycles. The lowest BCUT2D eigenvalue weighted by Crippen LogP contribution is -2.18. The van der Waals surface area contributed by atoms with Crippen molar-refractivity contribution in [3.63, 3.8) is 0 Å². The van der Waals surface area contributed by atoms with E-state index in [-0.39, 0.29) is 16.2 Å². The summed E-state index contributed by atoms with van der Waals surface area (Å²) >= 11 is 4.72. The average molecular weight is 308 g/mol. The molecule has 2 aromatic carbocycles. The summed E-state index contributed by atoms with van der Waals surface area (Å²) in [6, 6.07) is 6.44. The Morgan fingerprint density at radius 1 is 1.10 bits per heavy atom. The minimum absolute atomic E-state index is 0.0767. The lowest BCUT2D eigenvalue weighted by Gasteiger charge is -2.21. The minimum atomic E-state index is -0.769. The van der Waals surface area contributed by atoms with Crippen molar-refractivity contribution in [3.05, 3.63) is 58.9 Å². The third-order valence-electron chi connectivity index (χ3n) is 3.51. The number of halogens is 3. The van der Waals surface area contributed by atoms with E-state index in [4.69, 9.17) is 18.0 Å². The maximum absolute atomic E-state index is 14.2. The molecule has 2 nitrogen and oxygen atoms in total. The summed E-state index contributed by atoms with van der Waals surface area (Å²) in [5.74, 6) is -1.98. The molecule has 21 heavy (non-hydrogen) atoms. The quantitative estimate of drug-likeness (QED) is 0.862. The first-order valence-corrected chi connectivity index (χ1v) is 6.73. The van der Waals surface area contributed by atoms with Gasteiger partial charge >= 0.3 is 0 Å². The smallest absolute Gasteiger partial charge is 0.150 e. The van der Waals surface area contributed by atoms with E-state index in [0.29, 0.717) is 18.7 Å². The number of nitrogens with two attached hydrogens (primary N) is 1. The van der Waals surface area contributed by atoms with E-state index in [0.717, 1.165) is 17.7 Å². The number of thiocarbonyl (C=S) groups is 1. The molecule has 2 N–H and O–H groups in total. The molecule has 0 aromatic heterocycles. The van der Waals surface area contributed by atoms with Gasteiger partial charge < -0.3 is 10.6 Å². The summed E-state index contributed by atoms with van der Waals surface area (Å²) in [5.41, 5.74) is 6.64. The van der Waals surface area contributed by atoms with Gasteiger partial charge in [0.2, 0.25) is 0 Å². The maximum atomic E-state index is 14.2. The van der Waals surface area contributed by atoms with E-state index >= 15 is 0 Å². The first-order valence-electron chi connectivity index (χ1n) is 6.32. The molecule has 0 amide bonds. The number of anilines is 2. The molecule has 0 saturated carbocycles. The van der Waals surface area contributed by atoms with E-state index in [1.54, 1.807) is 6.07 Å². The van der Waals surface area contributed by atoms with E-state index in [9.17, 15) is 13.2 Å². The van der Waals surface area contributed by atoms with Crippen LogP contribution in [0.15, 0.2) is 30.3 Å². The Bertz CT molecular complexity index is 723. The van der Waals surface area contributed by atoms with Crippen molar-refractivity contribution in [2.45, 2.75) is 6.42 Å². The first-order chi connectivity index (χ1) is 9.97. The Morgan fingerprint density at radius 3 is 2.38 bits per heavy atom. The zero-order valence-corrected chi connectivity index (χ0v) is 11.7. The fourth-order valence-electron chi connectivity index (χ4n) is 2.55. The minimum Gasteiger partial charge on any atom is -0.389 e. The Hall–Kier alpha value is -2.08. The molecule has 0 bridgehead atoms. The van der Waals surface area contributed by atoms with Crippen LogP contribution in [0, 0.1) is 17.5 Å². The van der Waals surface area contributed by atoms with E-state index in [2.05, 4.69) is 0 Å². The molecular formula is C15H11F3N2S. The predicted molar refractivity (Wildman–Crippen MR) is 79.4 cm³/mol. The van der Waals surface area contributed by atoms with Crippen LogP contribution >= 0.6 is 12.2 Å². The lowest BCUT2D eigenvalue weighted by atomic mass is 10.1. The van der Waals surface area contributed by atoms with Gasteiger partial charge in [-0.05, 0) is 36.2 Å². The highest BCUT2D eigenvalue weighted by Crippen LogP contribution is 2.38. The van der Waals surface area contributed by atoms with Crippen molar-refractivity contribution in [1.29, 1.82) is 0 Å². The number of benzene rings is 2. The molecule has 1 aliphatic heterocycles. The molecule has 0 atom stereocenters. The summed E-state index contributed by atoms with van der Waals surface area (Å²) in [6.45, 7) is 0.388. The summed E-state index contributed by atoms with van der Waals surface area (Å²) in [5, 5.41) is 0. The van der Waals surface area contributed by atoms with Crippen LogP contribution in [0.4, 0.5) is 24.5 Å². The van der Waals surface area contributed by atoms with Crippen LogP contribution in [0.1, 0.15) is 11.1 Å². The van der Waals surface area contributed by atoms with Crippen molar-refractivity contribution in [2.24, 2.45) is 5.73 Å². The maximum Gasteiger partial charge on any atom is 0.150 e. The third-order valence-corrected chi connectivity index (χ3v) is 3.75. The molecule has 108 valence electrons. The Labute approximate surface area is 125 Å². The zero-order valence-electron chi connectivity index (χ0n) is 10.9. The number of nitrogens with zero attached hydrogens (tertiary/aromatic N) is 1. The van der Waals surface area contributed by atoms with Crippen LogP contribution in [0.2, 0.25) is 0 Å². The van der Waals surface area contributed by atoms with E-state index in [1.807, 2.05) is 0 Å². The van der Waals surface area contributed by atoms with Gasteiger partial charge in [-0.25, -0.2) is 13.2 Å². The van der Waals surface area contributed by atoms with Crippen molar-refractivity contribution in [1.82, 2.24) is 0 Å². The molecule has 6 heteroatoms. The van der Waals surface area contributed by atoms with Gasteiger partial charge in [0.25, 0.3) is 0 Å². The lowest BCUT2D eigenvalue weighted by molar-refractivity contribution is 0.581. The van der Waals surface area contributed by atoms with Crippen LogP contribution in [-0.2, 0) is 6.42 Å². The summed E-state index contributed by atoms with van der Waals surface area (Å²) in [7, 11) is 0. The second-order valence-electron chi connectivity index (χ2n) is 4.83. The second-order valence-corrected chi connectivity index (χ2v) is 5.27. The predicted octanol–water partition coefficient (Wildman–Crippen LogP) is 3.43. The summed E-state index contributed by atoms with van der Waals surface area (Å²) < 4.78 is 41.8. The number of hydrogen-bond acceptors (Lipinski definition) is 2. The van der Waals surface area contributed by atoms with Crippen molar-refractivity contribution in [2.75, 3.05) is 11.4 Å². The first kappa shape index (κ1) is 13.9. The average Bonchev–Trinajstić information content (AvgIpc) is 2.81. The standard InChI is InChI=1S/C15H11F3N2S/c16-10-2-1-8-3-4-20(13(8)7-10)14-11(17)5-9(15(19)21)6-12(14)18/h1-2,5-7H,3-4H2,(H2,19,21). The Morgan fingerprint density at radius 2 is 1.76 bits per heavy atom. The molecule has 1 heterocycles. The van der Waals surface area contributed by atoms with Gasteiger partial charge in [0, 0.05) is 17.8 Å². The number of hydrogen-bond donors (Lipinski definition) is 1. The fourth-order valence-corrected chi connectivity index (χ4v) is 2.67. The zero-order chi connectivity index (χ0) is 15.1. The SMILES string of the molecule is NC(=S)c1cc(F)c(N2CCc3ccc(F)cc32)c(F)c1. The molecule has 0 radical (unpaired) electrons. The third kappa shape index (κ3) is 2.35. The van der Waals surface area contributed by atoms with Crippen molar-refractivity contribution >= 4 is 28.6 Å². The topological polar surface area (TPSA) is 29.3 Å². The molecule has 0 fully saturated rings. The molecule has 1 aliphatic rings. The Kier molecular flexibility index (Phi) is 3.33. The molecular weight excluding hydrogens is 297 g/mol. The molecule has 0 saturated heterocycles. The normalized spacial score (nSPS) is 13.4. The summed E-state index contributed by atoms with van der Waals surface area (Å²) in [4.78, 5) is 1.36. The van der Waals surface area contributed by atoms with Crippen LogP contribution in [0.3, 0.4) is 0 Å². The van der Waals surface area contributed by atoms with Crippen molar-refractivity contribution < 1.29 is 13.2 Å². The van der Waals surface area contributed by atoms with Gasteiger partial charge in [0.05, 0.1) is 0 Å². The highest BCUT2D eigenvalue weighted by Gasteiger charge is 2.26. The van der Waals surface area contributed by atoms with Gasteiger partial charge in [-0.15, -0.1) is 0 Å². The number of rotatable bonds is 2. The monoisotopic (exact) mass is 308 g/mol. The van der Waals surface area contributed by atoms with Crippen LogP contribution in [-0.4, -0.2) is 11.5 Å². The van der Waals surface area contributed by atoms with Crippen molar-refractivity contribution in [3.8, 4) is 0 Å². The summed E-state index contributed by atoms with van der Waals surface area (Å²) in [6.07, 6.45) is 0.603. The molecule has 0 unspecified atom stereocenters. The van der Waals surface area contributed by atoms with E-state index < -0.39 is 17.5 Å². The highest BCUT2D eigenvalue weighted by molar-refractivity contribution is 7.80.